The summed E-state index contributed by atoms with van der Waals surface area (Å²) in [5.41, 5.74) is 0.942. The summed E-state index contributed by atoms with van der Waals surface area (Å²) in [4.78, 5) is 15.6. The molecule has 25 heavy (non-hydrogen) atoms. The summed E-state index contributed by atoms with van der Waals surface area (Å²) < 4.78 is 1.08. The number of hydrogen-bond acceptors (Lipinski definition) is 2. The lowest BCUT2D eigenvalue weighted by Gasteiger charge is -2.39. The lowest BCUT2D eigenvalue weighted by Crippen LogP contribution is -2.49. The molecule has 1 aromatic rings. The predicted octanol–water partition coefficient (Wildman–Crippen LogP) is 4.53. The van der Waals surface area contributed by atoms with E-state index in [0.29, 0.717) is 5.91 Å². The molecule has 140 valence electrons. The quantitative estimate of drug-likeness (QED) is 0.745. The molecule has 0 unspecified atom stereocenters. The van der Waals surface area contributed by atoms with Crippen LogP contribution in [0.25, 0.3) is 0 Å². The maximum Gasteiger partial charge on any atom is 0.233 e. The first kappa shape index (κ1) is 20.7. The van der Waals surface area contributed by atoms with E-state index in [1.165, 1.54) is 18.4 Å². The van der Waals surface area contributed by atoms with E-state index >= 15 is 0 Å². The maximum absolute atomic E-state index is 13.4. The summed E-state index contributed by atoms with van der Waals surface area (Å²) in [6, 6.07) is 8.44. The van der Waals surface area contributed by atoms with Crippen molar-refractivity contribution in [3.8, 4) is 0 Å². The minimum absolute atomic E-state index is 0. The van der Waals surface area contributed by atoms with Crippen molar-refractivity contribution in [1.82, 2.24) is 10.2 Å². The number of hydrogen-bond donors (Lipinski definition) is 1. The van der Waals surface area contributed by atoms with Crippen molar-refractivity contribution in [3.05, 3.63) is 34.3 Å². The van der Waals surface area contributed by atoms with Gasteiger partial charge < -0.3 is 10.2 Å². The number of halogens is 2. The first-order chi connectivity index (χ1) is 11.7. The third-order valence-corrected chi connectivity index (χ3v) is 6.38. The Morgan fingerprint density at radius 2 is 1.80 bits per heavy atom. The number of likely N-dealkylation sites (tertiary alicyclic amines) is 1. The van der Waals surface area contributed by atoms with Gasteiger partial charge in [-0.2, -0.15) is 0 Å². The molecular formula is C20H30BrClN2O. The largest absolute Gasteiger partial charge is 0.342 e. The molecule has 3 rings (SSSR count). The first-order valence-corrected chi connectivity index (χ1v) is 10.2. The van der Waals surface area contributed by atoms with E-state index in [-0.39, 0.29) is 17.8 Å². The van der Waals surface area contributed by atoms with Crippen LogP contribution in [0.4, 0.5) is 0 Å². The van der Waals surface area contributed by atoms with Crippen LogP contribution in [-0.2, 0) is 10.2 Å². The van der Waals surface area contributed by atoms with Crippen LogP contribution >= 0.6 is 28.3 Å². The van der Waals surface area contributed by atoms with Crippen LogP contribution in [0.5, 0.6) is 0 Å². The molecule has 1 aromatic carbocycles. The van der Waals surface area contributed by atoms with E-state index in [4.69, 9.17) is 0 Å². The maximum atomic E-state index is 13.4. The van der Waals surface area contributed by atoms with Crippen molar-refractivity contribution < 1.29 is 4.79 Å². The van der Waals surface area contributed by atoms with Gasteiger partial charge in [0.15, 0.2) is 0 Å². The number of piperidine rings is 1. The fourth-order valence-corrected chi connectivity index (χ4v) is 4.63. The van der Waals surface area contributed by atoms with Gasteiger partial charge in [0.2, 0.25) is 5.91 Å². The summed E-state index contributed by atoms with van der Waals surface area (Å²) in [5.74, 6) is 1.10. The molecule has 5 heteroatoms. The zero-order valence-corrected chi connectivity index (χ0v) is 17.5. The van der Waals surface area contributed by atoms with Gasteiger partial charge in [-0.05, 0) is 62.4 Å². The van der Waals surface area contributed by atoms with Crippen LogP contribution in [0.15, 0.2) is 28.7 Å². The highest BCUT2D eigenvalue weighted by molar-refractivity contribution is 9.10. The minimum atomic E-state index is -0.269. The normalized spacial score (nSPS) is 20.3. The number of nitrogens with one attached hydrogen (secondary N) is 1. The molecule has 1 amide bonds. The summed E-state index contributed by atoms with van der Waals surface area (Å²) in [6.45, 7) is 6.13. The lowest BCUT2D eigenvalue weighted by atomic mass is 9.77. The van der Waals surface area contributed by atoms with Crippen molar-refractivity contribution in [2.45, 2.75) is 50.9 Å². The molecule has 1 aliphatic heterocycles. The first-order valence-electron chi connectivity index (χ1n) is 9.42. The topological polar surface area (TPSA) is 32.3 Å². The summed E-state index contributed by atoms with van der Waals surface area (Å²) in [5, 5.41) is 3.45. The molecule has 0 radical (unpaired) electrons. The molecule has 0 bridgehead atoms. The van der Waals surface area contributed by atoms with Crippen molar-refractivity contribution in [2.75, 3.05) is 26.2 Å². The molecule has 0 spiro atoms. The third-order valence-electron chi connectivity index (χ3n) is 5.85. The zero-order valence-electron chi connectivity index (χ0n) is 15.1. The number of carbonyl (C=O) groups is 1. The van der Waals surface area contributed by atoms with Crippen LogP contribution in [-0.4, -0.2) is 37.0 Å². The highest BCUT2D eigenvalue weighted by atomic mass is 79.9. The Hall–Kier alpha value is -0.580. The number of benzene rings is 1. The van der Waals surface area contributed by atoms with Gasteiger partial charge in [0.25, 0.3) is 0 Å². The third kappa shape index (κ3) is 4.58. The van der Waals surface area contributed by atoms with Gasteiger partial charge in [-0.1, -0.05) is 47.8 Å². The summed E-state index contributed by atoms with van der Waals surface area (Å²) in [6.07, 6.45) is 6.61. The molecule has 1 heterocycles. The van der Waals surface area contributed by atoms with Crippen molar-refractivity contribution in [1.29, 1.82) is 0 Å². The highest BCUT2D eigenvalue weighted by Gasteiger charge is 2.45. The van der Waals surface area contributed by atoms with Gasteiger partial charge in [-0.3, -0.25) is 4.79 Å². The van der Waals surface area contributed by atoms with Crippen molar-refractivity contribution >= 4 is 34.2 Å². The van der Waals surface area contributed by atoms with Gasteiger partial charge in [0, 0.05) is 17.6 Å². The SMILES string of the molecule is CCNCC1CCN(C(=O)C2(c3ccc(Br)cc3)CCCC2)CC1.Cl. The number of carbonyl (C=O) groups excluding carboxylic acids is 1. The average Bonchev–Trinajstić information content (AvgIpc) is 3.11. The van der Waals surface area contributed by atoms with E-state index < -0.39 is 0 Å². The van der Waals surface area contributed by atoms with Crippen LogP contribution < -0.4 is 5.32 Å². The van der Waals surface area contributed by atoms with Crippen molar-refractivity contribution in [2.24, 2.45) is 5.92 Å². The van der Waals surface area contributed by atoms with Gasteiger partial charge >= 0.3 is 0 Å². The van der Waals surface area contributed by atoms with E-state index in [9.17, 15) is 4.79 Å². The molecule has 1 saturated carbocycles. The highest BCUT2D eigenvalue weighted by Crippen LogP contribution is 2.43. The fourth-order valence-electron chi connectivity index (χ4n) is 4.36. The van der Waals surface area contributed by atoms with E-state index in [2.05, 4.69) is 57.3 Å². The average molecular weight is 430 g/mol. The van der Waals surface area contributed by atoms with E-state index in [1.54, 1.807) is 0 Å². The predicted molar refractivity (Wildman–Crippen MR) is 109 cm³/mol. The molecule has 2 fully saturated rings. The number of rotatable bonds is 5. The van der Waals surface area contributed by atoms with E-state index in [1.807, 2.05) is 0 Å². The Kier molecular flexibility index (Phi) is 7.78. The minimum Gasteiger partial charge on any atom is -0.342 e. The fraction of sp³-hybridized carbons (Fsp3) is 0.650. The monoisotopic (exact) mass is 428 g/mol. The Morgan fingerprint density at radius 3 is 2.36 bits per heavy atom. The van der Waals surface area contributed by atoms with Gasteiger partial charge in [-0.15, -0.1) is 12.4 Å². The smallest absolute Gasteiger partial charge is 0.233 e. The molecule has 0 aromatic heterocycles. The van der Waals surface area contributed by atoms with Gasteiger partial charge in [-0.25, -0.2) is 0 Å². The molecule has 2 aliphatic rings. The molecule has 1 saturated heterocycles. The molecule has 3 nitrogen and oxygen atoms in total. The second-order valence-electron chi connectivity index (χ2n) is 7.34. The number of nitrogens with zero attached hydrogens (tertiary/aromatic N) is 1. The van der Waals surface area contributed by atoms with Crippen LogP contribution in [0.1, 0.15) is 51.0 Å². The summed E-state index contributed by atoms with van der Waals surface area (Å²) in [7, 11) is 0. The summed E-state index contributed by atoms with van der Waals surface area (Å²) >= 11 is 3.51. The molecule has 1 N–H and O–H groups in total. The Morgan fingerprint density at radius 1 is 1.20 bits per heavy atom. The number of amides is 1. The van der Waals surface area contributed by atoms with Crippen LogP contribution in [0.3, 0.4) is 0 Å². The molecular weight excluding hydrogens is 400 g/mol. The standard InChI is InChI=1S/C20H29BrN2O.ClH/c1-2-22-15-16-9-13-23(14-10-16)19(24)20(11-3-4-12-20)17-5-7-18(21)8-6-17;/h5-8,16,22H,2-4,9-15H2,1H3;1H. The van der Waals surface area contributed by atoms with Gasteiger partial charge in [0.1, 0.15) is 0 Å². The second-order valence-corrected chi connectivity index (χ2v) is 8.26. The Balaban J connectivity index is 0.00000225. The Labute approximate surface area is 166 Å². The second kappa shape index (κ2) is 9.38. The van der Waals surface area contributed by atoms with Crippen molar-refractivity contribution in [3.63, 3.8) is 0 Å². The Bertz CT molecular complexity index is 549. The molecule has 1 aliphatic carbocycles. The van der Waals surface area contributed by atoms with Crippen LogP contribution in [0.2, 0.25) is 0 Å². The zero-order chi connectivity index (χ0) is 17.0. The molecule has 0 atom stereocenters. The lowest BCUT2D eigenvalue weighted by molar-refractivity contribution is -0.138. The van der Waals surface area contributed by atoms with Crippen LogP contribution in [0, 0.1) is 5.92 Å². The van der Waals surface area contributed by atoms with E-state index in [0.717, 1.165) is 62.3 Å². The van der Waals surface area contributed by atoms with Gasteiger partial charge in [0.05, 0.1) is 5.41 Å².